The largest absolute Gasteiger partial charge is 0.507 e. The van der Waals surface area contributed by atoms with Crippen LogP contribution in [0.3, 0.4) is 0 Å². The third kappa shape index (κ3) is 3.14. The minimum Gasteiger partial charge on any atom is -0.507 e. The fraction of sp³-hybridized carbons (Fsp3) is 0.0435. The number of anilines is 1. The van der Waals surface area contributed by atoms with Gasteiger partial charge in [-0.2, -0.15) is 0 Å². The van der Waals surface area contributed by atoms with E-state index >= 15 is 0 Å². The number of halogens is 1. The van der Waals surface area contributed by atoms with Crippen molar-refractivity contribution < 1.29 is 14.7 Å². The number of hydrogen-bond acceptors (Lipinski definition) is 3. The molecule has 0 saturated carbocycles. The topological polar surface area (TPSA) is 57.6 Å². The van der Waals surface area contributed by atoms with Gasteiger partial charge in [-0.25, -0.2) is 0 Å². The molecule has 4 nitrogen and oxygen atoms in total. The molecule has 3 aromatic carbocycles. The van der Waals surface area contributed by atoms with Gasteiger partial charge in [0.25, 0.3) is 11.7 Å². The molecule has 1 fully saturated rings. The number of rotatable bonds is 3. The van der Waals surface area contributed by atoms with Gasteiger partial charge in [0.1, 0.15) is 5.76 Å². The fourth-order valence-electron chi connectivity index (χ4n) is 3.43. The first-order valence-corrected chi connectivity index (χ1v) is 9.54. The second-order valence-corrected chi connectivity index (χ2v) is 7.34. The van der Waals surface area contributed by atoms with Gasteiger partial charge in [-0.3, -0.25) is 14.5 Å². The van der Waals surface area contributed by atoms with Gasteiger partial charge in [0, 0.05) is 15.7 Å². The number of benzene rings is 3. The van der Waals surface area contributed by atoms with Crippen LogP contribution in [0.4, 0.5) is 5.69 Å². The van der Waals surface area contributed by atoms with Gasteiger partial charge >= 0.3 is 0 Å². The first kappa shape index (κ1) is 18.2. The number of Topliss-reactive ketones (excluding diaryl/α,β-unsaturated/α-hetero) is 1. The Balaban J connectivity index is 1.95. The molecule has 3 aromatic rings. The maximum atomic E-state index is 13.0. The van der Waals surface area contributed by atoms with Crippen LogP contribution in [0.25, 0.3) is 5.76 Å². The maximum absolute atomic E-state index is 13.0. The molecule has 1 saturated heterocycles. The third-order valence-corrected chi connectivity index (χ3v) is 5.19. The van der Waals surface area contributed by atoms with E-state index in [1.165, 1.54) is 4.90 Å². The molecular weight excluding hydrogens is 418 g/mol. The highest BCUT2D eigenvalue weighted by Gasteiger charge is 2.46. The van der Waals surface area contributed by atoms with E-state index in [4.69, 9.17) is 0 Å². The van der Waals surface area contributed by atoms with Gasteiger partial charge in [-0.1, -0.05) is 82.7 Å². The van der Waals surface area contributed by atoms with E-state index < -0.39 is 17.7 Å². The molecule has 1 heterocycles. The Morgan fingerprint density at radius 3 is 2.14 bits per heavy atom. The van der Waals surface area contributed by atoms with E-state index in [1.807, 2.05) is 42.5 Å². The minimum atomic E-state index is -0.712. The lowest BCUT2D eigenvalue weighted by Gasteiger charge is -2.25. The molecule has 5 heteroatoms. The van der Waals surface area contributed by atoms with E-state index in [9.17, 15) is 14.7 Å². The van der Waals surface area contributed by atoms with E-state index in [0.717, 1.165) is 10.0 Å². The van der Waals surface area contributed by atoms with Gasteiger partial charge < -0.3 is 5.11 Å². The highest BCUT2D eigenvalue weighted by Crippen LogP contribution is 2.42. The monoisotopic (exact) mass is 433 g/mol. The van der Waals surface area contributed by atoms with E-state index in [0.29, 0.717) is 11.3 Å². The Morgan fingerprint density at radius 2 is 1.50 bits per heavy atom. The SMILES string of the molecule is O=C1C(=O)N(c2cccc(Br)c2)C(c2ccccc2)C1=C(O)c1ccccc1. The van der Waals surface area contributed by atoms with E-state index in [-0.39, 0.29) is 11.3 Å². The standard InChI is InChI=1S/C23H16BrNO3/c24-17-12-7-13-18(14-17)25-20(15-8-3-1-4-9-15)19(22(27)23(25)28)21(26)16-10-5-2-6-11-16/h1-14,20,26H. The van der Waals surface area contributed by atoms with Crippen LogP contribution < -0.4 is 4.90 Å². The minimum absolute atomic E-state index is 0.0855. The van der Waals surface area contributed by atoms with Crippen LogP contribution in [0.5, 0.6) is 0 Å². The molecule has 1 N–H and O–H groups in total. The Bertz CT molecular complexity index is 1080. The van der Waals surface area contributed by atoms with Gasteiger partial charge in [0.05, 0.1) is 11.6 Å². The number of aliphatic hydroxyl groups is 1. The zero-order valence-corrected chi connectivity index (χ0v) is 16.3. The smallest absolute Gasteiger partial charge is 0.300 e. The number of carbonyl (C=O) groups excluding carboxylic acids is 2. The molecule has 0 aliphatic carbocycles. The second-order valence-electron chi connectivity index (χ2n) is 6.43. The number of aliphatic hydroxyl groups excluding tert-OH is 1. The number of amides is 1. The molecule has 4 rings (SSSR count). The summed E-state index contributed by atoms with van der Waals surface area (Å²) >= 11 is 3.42. The third-order valence-electron chi connectivity index (χ3n) is 4.69. The lowest BCUT2D eigenvalue weighted by Crippen LogP contribution is -2.29. The quantitative estimate of drug-likeness (QED) is 0.356. The fourth-order valence-corrected chi connectivity index (χ4v) is 3.81. The molecule has 1 unspecified atom stereocenters. The average Bonchev–Trinajstić information content (AvgIpc) is 3.00. The van der Waals surface area contributed by atoms with Crippen molar-refractivity contribution in [2.75, 3.05) is 4.90 Å². The molecule has 1 amide bonds. The zero-order chi connectivity index (χ0) is 19.7. The first-order chi connectivity index (χ1) is 13.6. The molecule has 0 aromatic heterocycles. The van der Waals surface area contributed by atoms with E-state index in [1.54, 1.807) is 42.5 Å². The summed E-state index contributed by atoms with van der Waals surface area (Å²) in [4.78, 5) is 27.4. The second kappa shape index (κ2) is 7.44. The Hall–Kier alpha value is -3.18. The number of ketones is 1. The highest BCUT2D eigenvalue weighted by atomic mass is 79.9. The summed E-state index contributed by atoms with van der Waals surface area (Å²) in [6, 6.07) is 24.5. The Morgan fingerprint density at radius 1 is 0.857 bits per heavy atom. The van der Waals surface area contributed by atoms with Gasteiger partial charge in [-0.15, -0.1) is 0 Å². The van der Waals surface area contributed by atoms with Crippen LogP contribution in [0, 0.1) is 0 Å². The lowest BCUT2D eigenvalue weighted by molar-refractivity contribution is -0.132. The van der Waals surface area contributed by atoms with Crippen molar-refractivity contribution in [3.05, 3.63) is 106 Å². The predicted molar refractivity (Wildman–Crippen MR) is 112 cm³/mol. The molecule has 0 radical (unpaired) electrons. The van der Waals surface area contributed by atoms with Crippen molar-refractivity contribution in [2.24, 2.45) is 0 Å². The van der Waals surface area contributed by atoms with Crippen LogP contribution in [-0.2, 0) is 9.59 Å². The van der Waals surface area contributed by atoms with Crippen LogP contribution in [0.15, 0.2) is 95.0 Å². The van der Waals surface area contributed by atoms with Crippen LogP contribution in [0.1, 0.15) is 17.2 Å². The first-order valence-electron chi connectivity index (χ1n) is 8.75. The van der Waals surface area contributed by atoms with Crippen molar-refractivity contribution in [1.82, 2.24) is 0 Å². The lowest BCUT2D eigenvalue weighted by atomic mass is 9.95. The van der Waals surface area contributed by atoms with Crippen molar-refractivity contribution in [3.8, 4) is 0 Å². The zero-order valence-electron chi connectivity index (χ0n) is 14.7. The number of nitrogens with zero attached hydrogens (tertiary/aromatic N) is 1. The van der Waals surface area contributed by atoms with Crippen molar-refractivity contribution >= 4 is 39.1 Å². The Labute approximate surface area is 170 Å². The molecule has 1 aliphatic heterocycles. The van der Waals surface area contributed by atoms with Crippen LogP contribution in [-0.4, -0.2) is 16.8 Å². The van der Waals surface area contributed by atoms with Crippen LogP contribution >= 0.6 is 15.9 Å². The predicted octanol–water partition coefficient (Wildman–Crippen LogP) is 5.08. The van der Waals surface area contributed by atoms with Crippen molar-refractivity contribution in [2.45, 2.75) is 6.04 Å². The van der Waals surface area contributed by atoms with Crippen LogP contribution in [0.2, 0.25) is 0 Å². The number of hydrogen-bond donors (Lipinski definition) is 1. The average molecular weight is 434 g/mol. The molecule has 1 atom stereocenters. The molecule has 0 spiro atoms. The summed E-state index contributed by atoms with van der Waals surface area (Å²) < 4.78 is 0.793. The summed E-state index contributed by atoms with van der Waals surface area (Å²) in [5.74, 6) is -1.54. The van der Waals surface area contributed by atoms with Crippen molar-refractivity contribution in [1.29, 1.82) is 0 Å². The van der Waals surface area contributed by atoms with E-state index in [2.05, 4.69) is 15.9 Å². The normalized spacial score (nSPS) is 18.5. The highest BCUT2D eigenvalue weighted by molar-refractivity contribution is 9.10. The molecule has 138 valence electrons. The molecular formula is C23H16BrNO3. The summed E-state index contributed by atoms with van der Waals surface area (Å²) in [6.45, 7) is 0. The van der Waals surface area contributed by atoms with Gasteiger partial charge in [0.15, 0.2) is 0 Å². The molecule has 1 aliphatic rings. The summed E-state index contributed by atoms with van der Waals surface area (Å²) in [5.41, 5.74) is 1.91. The summed E-state index contributed by atoms with van der Waals surface area (Å²) in [5, 5.41) is 10.9. The Kier molecular flexibility index (Phi) is 4.84. The maximum Gasteiger partial charge on any atom is 0.300 e. The number of carbonyl (C=O) groups is 2. The molecule has 28 heavy (non-hydrogen) atoms. The van der Waals surface area contributed by atoms with Gasteiger partial charge in [-0.05, 0) is 23.8 Å². The summed E-state index contributed by atoms with van der Waals surface area (Å²) in [6.07, 6.45) is 0. The molecule has 0 bridgehead atoms. The van der Waals surface area contributed by atoms with Crippen molar-refractivity contribution in [3.63, 3.8) is 0 Å². The van der Waals surface area contributed by atoms with Gasteiger partial charge in [0.2, 0.25) is 0 Å². The summed E-state index contributed by atoms with van der Waals surface area (Å²) in [7, 11) is 0.